The number of benzene rings is 2. The van der Waals surface area contributed by atoms with E-state index in [1.807, 2.05) is 31.2 Å². The van der Waals surface area contributed by atoms with Crippen LogP contribution in [-0.4, -0.2) is 38.5 Å². The minimum atomic E-state index is -0.231. The van der Waals surface area contributed by atoms with E-state index in [1.165, 1.54) is 11.8 Å². The Labute approximate surface area is 170 Å². The number of aromatic nitrogens is 4. The Morgan fingerprint density at radius 3 is 2.70 bits per heavy atom. The Morgan fingerprint density at radius 1 is 1.22 bits per heavy atom. The van der Waals surface area contributed by atoms with Crippen LogP contribution in [0.2, 0.25) is 10.0 Å². The maximum Gasteiger partial charge on any atom is 0.234 e. The molecule has 3 aromatic rings. The number of thioether (sulfide) groups is 1. The molecule has 2 aromatic carbocycles. The van der Waals surface area contributed by atoms with Crippen molar-refractivity contribution in [2.45, 2.75) is 12.1 Å². The molecule has 0 saturated heterocycles. The maximum atomic E-state index is 12.2. The average molecular weight is 424 g/mol. The molecule has 0 saturated carbocycles. The van der Waals surface area contributed by atoms with E-state index in [2.05, 4.69) is 20.8 Å². The first-order valence-electron chi connectivity index (χ1n) is 7.96. The molecule has 140 valence electrons. The minimum absolute atomic E-state index is 0.112. The predicted molar refractivity (Wildman–Crippen MR) is 106 cm³/mol. The molecule has 0 aliphatic rings. The first-order chi connectivity index (χ1) is 13.1. The summed E-state index contributed by atoms with van der Waals surface area (Å²) in [7, 11) is 0. The Morgan fingerprint density at radius 2 is 1.96 bits per heavy atom. The number of ether oxygens (including phenoxy) is 1. The first kappa shape index (κ1) is 19.5. The molecular weight excluding hydrogens is 409 g/mol. The maximum absolute atomic E-state index is 12.2. The molecule has 0 radical (unpaired) electrons. The number of nitrogens with one attached hydrogen (secondary N) is 1. The molecule has 10 heteroatoms. The number of hydrogen-bond acceptors (Lipinski definition) is 6. The highest BCUT2D eigenvalue weighted by Crippen LogP contribution is 2.26. The lowest BCUT2D eigenvalue weighted by molar-refractivity contribution is -0.113. The molecule has 1 heterocycles. The monoisotopic (exact) mass is 423 g/mol. The van der Waals surface area contributed by atoms with E-state index in [9.17, 15) is 4.79 Å². The van der Waals surface area contributed by atoms with Crippen LogP contribution in [0.4, 0.5) is 5.69 Å². The second-order valence-corrected chi connectivity index (χ2v) is 7.08. The Hall–Kier alpha value is -2.29. The number of halogens is 2. The van der Waals surface area contributed by atoms with Crippen molar-refractivity contribution in [2.75, 3.05) is 17.7 Å². The quantitative estimate of drug-likeness (QED) is 0.576. The van der Waals surface area contributed by atoms with Crippen molar-refractivity contribution in [1.82, 2.24) is 20.2 Å². The molecule has 0 fully saturated rings. The summed E-state index contributed by atoms with van der Waals surface area (Å²) in [6, 6.07) is 12.3. The van der Waals surface area contributed by atoms with E-state index < -0.39 is 0 Å². The summed E-state index contributed by atoms with van der Waals surface area (Å²) in [6.07, 6.45) is 0. The van der Waals surface area contributed by atoms with E-state index in [1.54, 1.807) is 22.9 Å². The summed E-state index contributed by atoms with van der Waals surface area (Å²) < 4.78 is 7.15. The van der Waals surface area contributed by atoms with Crippen LogP contribution >= 0.6 is 35.0 Å². The molecule has 0 unspecified atom stereocenters. The van der Waals surface area contributed by atoms with E-state index in [4.69, 9.17) is 27.9 Å². The van der Waals surface area contributed by atoms with Crippen molar-refractivity contribution in [3.05, 3.63) is 52.5 Å². The van der Waals surface area contributed by atoms with Crippen LogP contribution in [0.1, 0.15) is 6.92 Å². The number of rotatable bonds is 7. The van der Waals surface area contributed by atoms with Crippen LogP contribution in [0.15, 0.2) is 47.6 Å². The highest BCUT2D eigenvalue weighted by atomic mass is 35.5. The van der Waals surface area contributed by atoms with Gasteiger partial charge in [0, 0.05) is 15.7 Å². The largest absolute Gasteiger partial charge is 0.492 e. The molecule has 1 N–H and O–H groups in total. The Kier molecular flexibility index (Phi) is 6.54. The van der Waals surface area contributed by atoms with E-state index in [0.29, 0.717) is 38.9 Å². The normalized spacial score (nSPS) is 10.6. The van der Waals surface area contributed by atoms with Gasteiger partial charge in [0.25, 0.3) is 0 Å². The molecule has 0 aliphatic carbocycles. The van der Waals surface area contributed by atoms with Gasteiger partial charge in [-0.1, -0.05) is 47.1 Å². The lowest BCUT2D eigenvalue weighted by Gasteiger charge is -2.10. The van der Waals surface area contributed by atoms with Gasteiger partial charge >= 0.3 is 0 Å². The zero-order valence-electron chi connectivity index (χ0n) is 14.2. The fraction of sp³-hybridized carbons (Fsp3) is 0.176. The number of hydrogen-bond donors (Lipinski definition) is 1. The topological polar surface area (TPSA) is 81.9 Å². The van der Waals surface area contributed by atoms with E-state index in [-0.39, 0.29) is 11.7 Å². The summed E-state index contributed by atoms with van der Waals surface area (Å²) in [5.74, 6) is 0.541. The minimum Gasteiger partial charge on any atom is -0.492 e. The van der Waals surface area contributed by atoms with Crippen molar-refractivity contribution in [1.29, 1.82) is 0 Å². The van der Waals surface area contributed by atoms with Crippen molar-refractivity contribution in [3.8, 4) is 11.4 Å². The van der Waals surface area contributed by atoms with Crippen LogP contribution in [0.5, 0.6) is 5.75 Å². The van der Waals surface area contributed by atoms with Gasteiger partial charge in [-0.3, -0.25) is 4.79 Å². The zero-order chi connectivity index (χ0) is 19.2. The SMILES string of the molecule is CCOc1ccccc1-n1nnnc1SCC(=O)Nc1cc(Cl)cc(Cl)c1. The van der Waals surface area contributed by atoms with Gasteiger partial charge < -0.3 is 10.1 Å². The third-order valence-corrected chi connectivity index (χ3v) is 4.67. The van der Waals surface area contributed by atoms with Crippen molar-refractivity contribution in [3.63, 3.8) is 0 Å². The lowest BCUT2D eigenvalue weighted by atomic mass is 10.3. The number of carbonyl (C=O) groups is 1. The molecular formula is C17H15Cl2N5O2S. The second-order valence-electron chi connectivity index (χ2n) is 5.27. The van der Waals surface area contributed by atoms with Crippen molar-refractivity contribution < 1.29 is 9.53 Å². The standard InChI is InChI=1S/C17H15Cl2N5O2S/c1-2-26-15-6-4-3-5-14(15)24-17(21-22-23-24)27-10-16(25)20-13-8-11(18)7-12(19)9-13/h3-9H,2,10H2,1H3,(H,20,25). The summed E-state index contributed by atoms with van der Waals surface area (Å²) in [5, 5.41) is 15.8. The summed E-state index contributed by atoms with van der Waals surface area (Å²) in [6.45, 7) is 2.42. The average Bonchev–Trinajstić information content (AvgIpc) is 3.08. The first-order valence-corrected chi connectivity index (χ1v) is 9.70. The van der Waals surface area contributed by atoms with Gasteiger partial charge in [-0.2, -0.15) is 4.68 Å². The van der Waals surface area contributed by atoms with E-state index in [0.717, 1.165) is 0 Å². The Bertz CT molecular complexity index is 930. The van der Waals surface area contributed by atoms with Gasteiger partial charge in [0.15, 0.2) is 0 Å². The molecule has 7 nitrogen and oxygen atoms in total. The molecule has 1 aromatic heterocycles. The van der Waals surface area contributed by atoms with E-state index >= 15 is 0 Å². The van der Waals surface area contributed by atoms with Gasteiger partial charge in [-0.05, 0) is 47.7 Å². The number of tetrazole rings is 1. The van der Waals surface area contributed by atoms with Crippen LogP contribution < -0.4 is 10.1 Å². The lowest BCUT2D eigenvalue weighted by Crippen LogP contribution is -2.14. The van der Waals surface area contributed by atoms with Gasteiger partial charge in [-0.25, -0.2) is 0 Å². The second kappa shape index (κ2) is 9.07. The third kappa shape index (κ3) is 5.12. The summed E-state index contributed by atoms with van der Waals surface area (Å²) in [5.41, 5.74) is 1.23. The van der Waals surface area contributed by atoms with Crippen LogP contribution in [-0.2, 0) is 4.79 Å². The Balaban J connectivity index is 1.69. The molecule has 1 amide bonds. The number of nitrogens with zero attached hydrogens (tertiary/aromatic N) is 4. The molecule has 0 bridgehead atoms. The summed E-state index contributed by atoms with van der Waals surface area (Å²) in [4.78, 5) is 12.2. The van der Waals surface area contributed by atoms with Gasteiger partial charge in [0.05, 0.1) is 12.4 Å². The molecule has 0 atom stereocenters. The van der Waals surface area contributed by atoms with Gasteiger partial charge in [-0.15, -0.1) is 5.10 Å². The fourth-order valence-electron chi connectivity index (χ4n) is 2.28. The third-order valence-electron chi connectivity index (χ3n) is 3.31. The number of anilines is 1. The van der Waals surface area contributed by atoms with Crippen molar-refractivity contribution in [2.24, 2.45) is 0 Å². The molecule has 3 rings (SSSR count). The smallest absolute Gasteiger partial charge is 0.234 e. The number of amides is 1. The predicted octanol–water partition coefficient (Wildman–Crippen LogP) is 4.10. The van der Waals surface area contributed by atoms with Crippen molar-refractivity contribution >= 4 is 46.6 Å². The van der Waals surface area contributed by atoms with Gasteiger partial charge in [0.2, 0.25) is 11.1 Å². The highest BCUT2D eigenvalue weighted by molar-refractivity contribution is 7.99. The zero-order valence-corrected chi connectivity index (χ0v) is 16.6. The molecule has 0 aliphatic heterocycles. The number of para-hydroxylation sites is 2. The number of carbonyl (C=O) groups excluding carboxylic acids is 1. The molecule has 0 spiro atoms. The fourth-order valence-corrected chi connectivity index (χ4v) is 3.49. The highest BCUT2D eigenvalue weighted by Gasteiger charge is 2.15. The van der Waals surface area contributed by atoms with Crippen LogP contribution in [0, 0.1) is 0 Å². The van der Waals surface area contributed by atoms with Crippen LogP contribution in [0.3, 0.4) is 0 Å². The van der Waals surface area contributed by atoms with Crippen LogP contribution in [0.25, 0.3) is 5.69 Å². The summed E-state index contributed by atoms with van der Waals surface area (Å²) >= 11 is 13.1. The molecule has 27 heavy (non-hydrogen) atoms. The van der Waals surface area contributed by atoms with Gasteiger partial charge in [0.1, 0.15) is 11.4 Å².